The lowest BCUT2D eigenvalue weighted by Gasteiger charge is -2.26. The monoisotopic (exact) mass is 194 g/mol. The van der Waals surface area contributed by atoms with Crippen LogP contribution in [0.25, 0.3) is 0 Å². The molecule has 4 heteroatoms. The zero-order chi connectivity index (χ0) is 9.80. The number of carbonyl (C=O) groups is 1. The molecule has 1 aromatic heterocycles. The van der Waals surface area contributed by atoms with Crippen molar-refractivity contribution in [3.63, 3.8) is 0 Å². The van der Waals surface area contributed by atoms with E-state index in [2.05, 4.69) is 10.2 Å². The van der Waals surface area contributed by atoms with Gasteiger partial charge in [0, 0.05) is 38.3 Å². The third-order valence-electron chi connectivity index (χ3n) is 2.41. The maximum atomic E-state index is 10.4. The third kappa shape index (κ3) is 2.21. The van der Waals surface area contributed by atoms with Crippen LogP contribution in [0.3, 0.4) is 0 Å². The van der Waals surface area contributed by atoms with E-state index in [1.807, 2.05) is 0 Å². The first-order valence-electron chi connectivity index (χ1n) is 4.84. The molecular formula is C10H14N2O2. The summed E-state index contributed by atoms with van der Waals surface area (Å²) in [6, 6.07) is 1.80. The van der Waals surface area contributed by atoms with Gasteiger partial charge in [-0.25, -0.2) is 0 Å². The summed E-state index contributed by atoms with van der Waals surface area (Å²) >= 11 is 0. The second-order valence-corrected chi connectivity index (χ2v) is 3.50. The third-order valence-corrected chi connectivity index (χ3v) is 2.41. The maximum Gasteiger partial charge on any atom is 0.185 e. The lowest BCUT2D eigenvalue weighted by atomic mass is 10.2. The van der Waals surface area contributed by atoms with Gasteiger partial charge in [-0.2, -0.15) is 0 Å². The highest BCUT2D eigenvalue weighted by Gasteiger charge is 2.11. The Kier molecular flexibility index (Phi) is 2.96. The summed E-state index contributed by atoms with van der Waals surface area (Å²) in [5, 5.41) is 3.30. The Morgan fingerprint density at radius 3 is 2.93 bits per heavy atom. The molecule has 2 heterocycles. The highest BCUT2D eigenvalue weighted by atomic mass is 16.3. The molecule has 76 valence electrons. The molecule has 0 radical (unpaired) electrons. The quantitative estimate of drug-likeness (QED) is 0.712. The summed E-state index contributed by atoms with van der Waals surface area (Å²) in [6.07, 6.45) is 2.40. The maximum absolute atomic E-state index is 10.4. The largest absolute Gasteiger partial charge is 0.461 e. The van der Waals surface area contributed by atoms with Gasteiger partial charge < -0.3 is 9.73 Å². The summed E-state index contributed by atoms with van der Waals surface area (Å²) in [7, 11) is 0. The molecule has 1 N–H and O–H groups in total. The topological polar surface area (TPSA) is 45.5 Å². The Labute approximate surface area is 82.9 Å². The molecule has 1 aliphatic heterocycles. The van der Waals surface area contributed by atoms with Crippen LogP contribution in [0.4, 0.5) is 0 Å². The number of aldehydes is 1. The number of furan rings is 1. The number of hydrogen-bond acceptors (Lipinski definition) is 4. The molecule has 0 spiro atoms. The normalized spacial score (nSPS) is 18.3. The van der Waals surface area contributed by atoms with Crippen LogP contribution in [0, 0.1) is 0 Å². The molecule has 1 aliphatic rings. The average Bonchev–Trinajstić information content (AvgIpc) is 2.67. The predicted molar refractivity (Wildman–Crippen MR) is 52.2 cm³/mol. The van der Waals surface area contributed by atoms with Crippen LogP contribution in [-0.2, 0) is 6.54 Å². The second kappa shape index (κ2) is 4.39. The molecule has 0 aliphatic carbocycles. The molecule has 14 heavy (non-hydrogen) atoms. The van der Waals surface area contributed by atoms with Crippen LogP contribution in [0.5, 0.6) is 0 Å². The molecule has 0 aromatic carbocycles. The number of nitrogens with one attached hydrogen (secondary N) is 1. The number of piperazine rings is 1. The highest BCUT2D eigenvalue weighted by molar-refractivity contribution is 5.70. The van der Waals surface area contributed by atoms with Crippen molar-refractivity contribution < 1.29 is 9.21 Å². The Bertz CT molecular complexity index is 303. The van der Waals surface area contributed by atoms with Gasteiger partial charge in [-0.3, -0.25) is 9.69 Å². The van der Waals surface area contributed by atoms with Crippen molar-refractivity contribution in [1.29, 1.82) is 0 Å². The fraction of sp³-hybridized carbons (Fsp3) is 0.500. The van der Waals surface area contributed by atoms with Crippen LogP contribution in [-0.4, -0.2) is 37.4 Å². The number of hydrogen-bond donors (Lipinski definition) is 1. The van der Waals surface area contributed by atoms with Crippen LogP contribution in [0.15, 0.2) is 16.7 Å². The lowest BCUT2D eigenvalue weighted by Crippen LogP contribution is -2.42. The lowest BCUT2D eigenvalue weighted by molar-refractivity contribution is 0.110. The molecule has 2 rings (SSSR count). The summed E-state index contributed by atoms with van der Waals surface area (Å²) in [6.45, 7) is 5.07. The summed E-state index contributed by atoms with van der Waals surface area (Å²) in [5.74, 6) is 0.412. The van der Waals surface area contributed by atoms with E-state index in [1.165, 1.54) is 0 Å². The molecule has 0 amide bonds. The van der Waals surface area contributed by atoms with Crippen molar-refractivity contribution in [2.24, 2.45) is 0 Å². The van der Waals surface area contributed by atoms with E-state index in [9.17, 15) is 4.79 Å². The van der Waals surface area contributed by atoms with E-state index in [0.29, 0.717) is 5.76 Å². The van der Waals surface area contributed by atoms with E-state index in [1.54, 1.807) is 12.3 Å². The van der Waals surface area contributed by atoms with E-state index in [4.69, 9.17) is 4.42 Å². The standard InChI is InChI=1S/C10H14N2O2/c13-7-10-5-9(8-14-10)6-12-3-1-11-2-4-12/h5,7-8,11H,1-4,6H2. The van der Waals surface area contributed by atoms with Crippen LogP contribution in [0.1, 0.15) is 16.1 Å². The van der Waals surface area contributed by atoms with Gasteiger partial charge in [0.05, 0.1) is 6.26 Å². The summed E-state index contributed by atoms with van der Waals surface area (Å²) in [4.78, 5) is 12.7. The van der Waals surface area contributed by atoms with E-state index < -0.39 is 0 Å². The smallest absolute Gasteiger partial charge is 0.185 e. The van der Waals surface area contributed by atoms with Crippen molar-refractivity contribution in [2.75, 3.05) is 26.2 Å². The molecule has 0 atom stereocenters. The van der Waals surface area contributed by atoms with Crippen LogP contribution >= 0.6 is 0 Å². The molecule has 4 nitrogen and oxygen atoms in total. The number of carbonyl (C=O) groups excluding carboxylic acids is 1. The Morgan fingerprint density at radius 2 is 2.29 bits per heavy atom. The molecule has 0 bridgehead atoms. The summed E-state index contributed by atoms with van der Waals surface area (Å²) in [5.41, 5.74) is 1.08. The van der Waals surface area contributed by atoms with Crippen molar-refractivity contribution in [3.05, 3.63) is 23.7 Å². The van der Waals surface area contributed by atoms with Gasteiger partial charge in [0.15, 0.2) is 12.0 Å². The second-order valence-electron chi connectivity index (χ2n) is 3.50. The molecular weight excluding hydrogens is 180 g/mol. The first-order chi connectivity index (χ1) is 6.88. The van der Waals surface area contributed by atoms with Gasteiger partial charge in [-0.15, -0.1) is 0 Å². The zero-order valence-corrected chi connectivity index (χ0v) is 8.03. The highest BCUT2D eigenvalue weighted by Crippen LogP contribution is 2.09. The Morgan fingerprint density at radius 1 is 1.50 bits per heavy atom. The molecule has 1 fully saturated rings. The van der Waals surface area contributed by atoms with Gasteiger partial charge >= 0.3 is 0 Å². The van der Waals surface area contributed by atoms with Crippen molar-refractivity contribution in [3.8, 4) is 0 Å². The number of rotatable bonds is 3. The zero-order valence-electron chi connectivity index (χ0n) is 8.03. The minimum atomic E-state index is 0.412. The van der Waals surface area contributed by atoms with Crippen molar-refractivity contribution in [2.45, 2.75) is 6.54 Å². The number of nitrogens with zero attached hydrogens (tertiary/aromatic N) is 1. The SMILES string of the molecule is O=Cc1cc(CN2CCNCC2)co1. The average molecular weight is 194 g/mol. The van der Waals surface area contributed by atoms with Crippen LogP contribution in [0.2, 0.25) is 0 Å². The molecule has 1 aromatic rings. The Balaban J connectivity index is 1.92. The fourth-order valence-electron chi connectivity index (χ4n) is 1.67. The van der Waals surface area contributed by atoms with Crippen LogP contribution < -0.4 is 5.32 Å². The molecule has 0 saturated carbocycles. The first-order valence-corrected chi connectivity index (χ1v) is 4.84. The Hall–Kier alpha value is -1.13. The van der Waals surface area contributed by atoms with Gasteiger partial charge in [0.2, 0.25) is 0 Å². The van der Waals surface area contributed by atoms with Gasteiger partial charge in [-0.1, -0.05) is 0 Å². The molecule has 0 unspecified atom stereocenters. The van der Waals surface area contributed by atoms with E-state index in [-0.39, 0.29) is 0 Å². The summed E-state index contributed by atoms with van der Waals surface area (Å²) < 4.78 is 5.04. The van der Waals surface area contributed by atoms with Crippen molar-refractivity contribution >= 4 is 6.29 Å². The van der Waals surface area contributed by atoms with Gasteiger partial charge in [0.25, 0.3) is 0 Å². The van der Waals surface area contributed by atoms with E-state index >= 15 is 0 Å². The minimum Gasteiger partial charge on any atom is -0.461 e. The minimum absolute atomic E-state index is 0.412. The van der Waals surface area contributed by atoms with Gasteiger partial charge in [0.1, 0.15) is 0 Å². The van der Waals surface area contributed by atoms with Crippen molar-refractivity contribution in [1.82, 2.24) is 10.2 Å². The molecule has 1 saturated heterocycles. The fourth-order valence-corrected chi connectivity index (χ4v) is 1.67. The predicted octanol–water partition coefficient (Wildman–Crippen LogP) is 0.497. The van der Waals surface area contributed by atoms with E-state index in [0.717, 1.165) is 44.6 Å². The van der Waals surface area contributed by atoms with Gasteiger partial charge in [-0.05, 0) is 6.07 Å². The first kappa shape index (κ1) is 9.43.